The van der Waals surface area contributed by atoms with Crippen molar-refractivity contribution in [1.82, 2.24) is 0 Å². The van der Waals surface area contributed by atoms with Crippen molar-refractivity contribution in [1.29, 1.82) is 0 Å². The number of rotatable bonds is 5. The smallest absolute Gasteiger partial charge is 0.405 e. The quantitative estimate of drug-likeness (QED) is 0.658. The molecule has 0 bridgehead atoms. The summed E-state index contributed by atoms with van der Waals surface area (Å²) < 4.78 is 37.1. The third kappa shape index (κ3) is 4.45. The average molecular weight is 278 g/mol. The lowest BCUT2D eigenvalue weighted by molar-refractivity contribution is -0.384. The topological polar surface area (TPSA) is 83.7 Å². The summed E-state index contributed by atoms with van der Waals surface area (Å²) in [5, 5.41) is 19.3. The number of carbonyl (C=O) groups is 1. The number of hydrogen-bond donors (Lipinski definition) is 1. The summed E-state index contributed by atoms with van der Waals surface area (Å²) >= 11 is 0. The van der Waals surface area contributed by atoms with E-state index in [0.717, 1.165) is 12.1 Å². The molecule has 0 radical (unpaired) electrons. The Labute approximate surface area is 105 Å². The van der Waals surface area contributed by atoms with E-state index in [1.807, 2.05) is 0 Å². The van der Waals surface area contributed by atoms with Crippen LogP contribution >= 0.6 is 0 Å². The maximum atomic E-state index is 12.4. The number of alkyl halides is 3. The summed E-state index contributed by atoms with van der Waals surface area (Å²) in [5.41, 5.74) is -0.958. The monoisotopic (exact) mass is 278 g/mol. The largest absolute Gasteiger partial charge is 0.480 e. The minimum Gasteiger partial charge on any atom is -0.480 e. The SMILES string of the molecule is O=C(O)CN(CC(F)(F)F)c1ccccc1[N+](=O)[O-]. The Kier molecular flexibility index (Phi) is 4.30. The van der Waals surface area contributed by atoms with Gasteiger partial charge in [0.25, 0.3) is 5.69 Å². The van der Waals surface area contributed by atoms with Gasteiger partial charge in [-0.15, -0.1) is 0 Å². The van der Waals surface area contributed by atoms with Gasteiger partial charge in [-0.3, -0.25) is 14.9 Å². The second-order valence-electron chi connectivity index (χ2n) is 3.61. The van der Waals surface area contributed by atoms with E-state index in [2.05, 4.69) is 0 Å². The van der Waals surface area contributed by atoms with Crippen LogP contribution in [-0.2, 0) is 4.79 Å². The number of nitro benzene ring substituents is 1. The molecule has 0 saturated carbocycles. The van der Waals surface area contributed by atoms with E-state index >= 15 is 0 Å². The van der Waals surface area contributed by atoms with Crippen molar-refractivity contribution >= 4 is 17.3 Å². The molecular weight excluding hydrogens is 269 g/mol. The molecule has 0 unspecified atom stereocenters. The molecule has 0 fully saturated rings. The summed E-state index contributed by atoms with van der Waals surface area (Å²) in [6.45, 7) is -2.56. The number of benzene rings is 1. The van der Waals surface area contributed by atoms with Gasteiger partial charge >= 0.3 is 12.1 Å². The Morgan fingerprint density at radius 2 is 1.95 bits per heavy atom. The van der Waals surface area contributed by atoms with Crippen LogP contribution in [0.3, 0.4) is 0 Å². The number of aliphatic carboxylic acids is 1. The zero-order valence-electron chi connectivity index (χ0n) is 9.42. The molecule has 0 spiro atoms. The maximum absolute atomic E-state index is 12.4. The van der Waals surface area contributed by atoms with Crippen LogP contribution in [0.5, 0.6) is 0 Å². The van der Waals surface area contributed by atoms with Crippen LogP contribution in [0.2, 0.25) is 0 Å². The molecule has 0 aliphatic heterocycles. The molecular formula is C10H9F3N2O4. The molecule has 0 atom stereocenters. The Morgan fingerprint density at radius 3 is 2.42 bits per heavy atom. The summed E-state index contributed by atoms with van der Waals surface area (Å²) in [5.74, 6) is -1.51. The molecule has 0 aromatic heterocycles. The normalized spacial score (nSPS) is 11.1. The summed E-state index contributed by atoms with van der Waals surface area (Å²) in [6.07, 6.45) is -4.67. The standard InChI is InChI=1S/C10H9F3N2O4/c11-10(12,13)6-14(5-9(16)17)7-3-1-2-4-8(7)15(18)19/h1-4H,5-6H2,(H,16,17). The molecule has 0 amide bonds. The average Bonchev–Trinajstić information content (AvgIpc) is 2.25. The predicted molar refractivity (Wildman–Crippen MR) is 59.0 cm³/mol. The fraction of sp³-hybridized carbons (Fsp3) is 0.300. The van der Waals surface area contributed by atoms with E-state index in [-0.39, 0.29) is 5.69 Å². The Balaban J connectivity index is 3.17. The van der Waals surface area contributed by atoms with Gasteiger partial charge in [-0.1, -0.05) is 12.1 Å². The highest BCUT2D eigenvalue weighted by molar-refractivity contribution is 5.76. The van der Waals surface area contributed by atoms with Gasteiger partial charge in [0.05, 0.1) is 4.92 Å². The molecule has 1 N–H and O–H groups in total. The van der Waals surface area contributed by atoms with Crippen molar-refractivity contribution in [2.24, 2.45) is 0 Å². The van der Waals surface area contributed by atoms with Crippen molar-refractivity contribution in [2.75, 3.05) is 18.0 Å². The fourth-order valence-corrected chi connectivity index (χ4v) is 1.49. The van der Waals surface area contributed by atoms with Gasteiger partial charge in [0.2, 0.25) is 0 Å². The van der Waals surface area contributed by atoms with Crippen molar-refractivity contribution in [2.45, 2.75) is 6.18 Å². The molecule has 1 aromatic carbocycles. The highest BCUT2D eigenvalue weighted by Gasteiger charge is 2.34. The van der Waals surface area contributed by atoms with Crippen LogP contribution in [-0.4, -0.2) is 35.3 Å². The second kappa shape index (κ2) is 5.55. The van der Waals surface area contributed by atoms with Crippen LogP contribution in [0.1, 0.15) is 0 Å². The first-order valence-electron chi connectivity index (χ1n) is 4.97. The van der Waals surface area contributed by atoms with Gasteiger partial charge in [0.15, 0.2) is 0 Å². The molecule has 6 nitrogen and oxygen atoms in total. The zero-order chi connectivity index (χ0) is 14.6. The van der Waals surface area contributed by atoms with Gasteiger partial charge < -0.3 is 10.0 Å². The van der Waals surface area contributed by atoms with Crippen LogP contribution < -0.4 is 4.90 Å². The fourth-order valence-electron chi connectivity index (χ4n) is 1.49. The maximum Gasteiger partial charge on any atom is 0.405 e. The number of nitro groups is 1. The first-order chi connectivity index (χ1) is 8.70. The summed E-state index contributed by atoms with van der Waals surface area (Å²) in [4.78, 5) is 20.8. The van der Waals surface area contributed by atoms with Crippen LogP contribution in [0.25, 0.3) is 0 Å². The number of carboxylic acid groups (broad SMARTS) is 1. The summed E-state index contributed by atoms with van der Waals surface area (Å²) in [6, 6.07) is 4.68. The van der Waals surface area contributed by atoms with Gasteiger partial charge in [-0.25, -0.2) is 0 Å². The van der Waals surface area contributed by atoms with E-state index in [9.17, 15) is 28.1 Å². The van der Waals surface area contributed by atoms with Crippen LogP contribution in [0.4, 0.5) is 24.5 Å². The van der Waals surface area contributed by atoms with Crippen molar-refractivity contribution in [3.8, 4) is 0 Å². The molecule has 0 aliphatic carbocycles. The van der Waals surface area contributed by atoms with Crippen LogP contribution in [0, 0.1) is 10.1 Å². The van der Waals surface area contributed by atoms with Gasteiger partial charge in [0.1, 0.15) is 18.8 Å². The molecule has 0 saturated heterocycles. The number of nitrogens with zero attached hydrogens (tertiary/aromatic N) is 2. The first-order valence-corrected chi connectivity index (χ1v) is 4.97. The second-order valence-corrected chi connectivity index (χ2v) is 3.61. The third-order valence-electron chi connectivity index (χ3n) is 2.12. The first kappa shape index (κ1) is 14.7. The molecule has 1 aromatic rings. The molecule has 9 heteroatoms. The predicted octanol–water partition coefficient (Wildman–Crippen LogP) is 2.05. The lowest BCUT2D eigenvalue weighted by Gasteiger charge is -2.23. The molecule has 104 valence electrons. The van der Waals surface area contributed by atoms with Crippen molar-refractivity contribution in [3.63, 3.8) is 0 Å². The van der Waals surface area contributed by atoms with E-state index < -0.39 is 35.8 Å². The number of para-hydroxylation sites is 2. The van der Waals surface area contributed by atoms with E-state index in [1.54, 1.807) is 0 Å². The Morgan fingerprint density at radius 1 is 1.37 bits per heavy atom. The molecule has 0 aliphatic rings. The van der Waals surface area contributed by atoms with Gasteiger partial charge in [0, 0.05) is 6.07 Å². The molecule has 19 heavy (non-hydrogen) atoms. The number of carboxylic acids is 1. The highest BCUT2D eigenvalue weighted by Crippen LogP contribution is 2.30. The Bertz CT molecular complexity index is 490. The van der Waals surface area contributed by atoms with E-state index in [0.29, 0.717) is 4.90 Å². The third-order valence-corrected chi connectivity index (χ3v) is 2.12. The highest BCUT2D eigenvalue weighted by atomic mass is 19.4. The van der Waals surface area contributed by atoms with Crippen LogP contribution in [0.15, 0.2) is 24.3 Å². The Hall–Kier alpha value is -2.32. The van der Waals surface area contributed by atoms with E-state index in [4.69, 9.17) is 5.11 Å². The molecule has 1 rings (SSSR count). The van der Waals surface area contributed by atoms with Crippen molar-refractivity contribution < 1.29 is 28.0 Å². The van der Waals surface area contributed by atoms with Crippen molar-refractivity contribution in [3.05, 3.63) is 34.4 Å². The number of hydrogen-bond acceptors (Lipinski definition) is 4. The van der Waals surface area contributed by atoms with Gasteiger partial charge in [-0.05, 0) is 6.07 Å². The number of anilines is 1. The lowest BCUT2D eigenvalue weighted by Crippen LogP contribution is -2.38. The minimum atomic E-state index is -4.67. The minimum absolute atomic E-state index is 0.382. The summed E-state index contributed by atoms with van der Waals surface area (Å²) in [7, 11) is 0. The van der Waals surface area contributed by atoms with Gasteiger partial charge in [-0.2, -0.15) is 13.2 Å². The zero-order valence-corrected chi connectivity index (χ0v) is 9.42. The number of halogens is 3. The molecule has 0 heterocycles. The van der Waals surface area contributed by atoms with E-state index in [1.165, 1.54) is 12.1 Å². The lowest BCUT2D eigenvalue weighted by atomic mass is 10.2.